The van der Waals surface area contributed by atoms with Crippen LogP contribution in [0, 0.1) is 5.82 Å². The van der Waals surface area contributed by atoms with Gasteiger partial charge in [0.2, 0.25) is 0 Å². The van der Waals surface area contributed by atoms with Crippen LogP contribution in [0.4, 0.5) is 23.2 Å². The van der Waals surface area contributed by atoms with E-state index in [9.17, 15) is 21.8 Å². The van der Waals surface area contributed by atoms with Crippen LogP contribution in [-0.4, -0.2) is 21.0 Å². The van der Waals surface area contributed by atoms with E-state index in [1.165, 1.54) is 12.1 Å². The van der Waals surface area contributed by atoms with Gasteiger partial charge in [-0.15, -0.1) is 0 Å². The molecule has 0 bridgehead atoms. The first kappa shape index (κ1) is 17.1. The minimum atomic E-state index is -4.89. The van der Waals surface area contributed by atoms with Gasteiger partial charge in [0.05, 0.1) is 16.3 Å². The predicted molar refractivity (Wildman–Crippen MR) is 85.1 cm³/mol. The van der Waals surface area contributed by atoms with Crippen LogP contribution in [0.3, 0.4) is 0 Å². The maximum Gasteiger partial charge on any atom is 0.419 e. The molecule has 2 aromatic rings. The molecule has 8 heteroatoms. The highest BCUT2D eigenvalue weighted by molar-refractivity contribution is 7.84. The number of nitrogens with zero attached hydrogens (tertiary/aromatic N) is 1. The fourth-order valence-corrected chi connectivity index (χ4v) is 3.56. The van der Waals surface area contributed by atoms with E-state index in [1.54, 1.807) is 0 Å². The van der Waals surface area contributed by atoms with Gasteiger partial charge in [-0.05, 0) is 44.4 Å². The van der Waals surface area contributed by atoms with Crippen LogP contribution >= 0.6 is 0 Å². The summed E-state index contributed by atoms with van der Waals surface area (Å²) in [7, 11) is -1.97. The Labute approximate surface area is 138 Å². The molecule has 3 rings (SSSR count). The summed E-state index contributed by atoms with van der Waals surface area (Å²) in [5, 5.41) is 2.29. The number of anilines is 1. The van der Waals surface area contributed by atoms with Gasteiger partial charge in [0, 0.05) is 22.9 Å². The number of pyridine rings is 1. The van der Waals surface area contributed by atoms with E-state index < -0.39 is 33.4 Å². The van der Waals surface area contributed by atoms with Crippen molar-refractivity contribution in [2.24, 2.45) is 0 Å². The standard InChI is InChI=1S/C16H16F4N2OS/c1-15(2)5-4-8-6-9-11(7-10(8)22-15)21-14(24(3)23)13(17)12(9)16(18,19)20/h6-7,22H,4-5H2,1-3H3. The number of hydrogen-bond acceptors (Lipinski definition) is 3. The SMILES string of the molecule is CS(=O)c1nc2cc3c(cc2c(C(F)(F)F)c1F)CCC(C)(C)N3. The minimum Gasteiger partial charge on any atom is -0.380 e. The van der Waals surface area contributed by atoms with Gasteiger partial charge in [0.1, 0.15) is 5.56 Å². The van der Waals surface area contributed by atoms with Gasteiger partial charge in [-0.2, -0.15) is 13.2 Å². The largest absolute Gasteiger partial charge is 0.419 e. The number of benzene rings is 1. The first-order valence-electron chi connectivity index (χ1n) is 7.34. The topological polar surface area (TPSA) is 42.0 Å². The average molecular weight is 360 g/mol. The number of hydrogen-bond donors (Lipinski definition) is 1. The Balaban J connectivity index is 2.36. The quantitative estimate of drug-likeness (QED) is 0.773. The molecule has 1 atom stereocenters. The Bertz CT molecular complexity index is 862. The summed E-state index contributed by atoms with van der Waals surface area (Å²) in [6, 6.07) is 2.82. The molecule has 0 aliphatic carbocycles. The third kappa shape index (κ3) is 2.87. The lowest BCUT2D eigenvalue weighted by Gasteiger charge is -2.34. The monoisotopic (exact) mass is 360 g/mol. The second-order valence-corrected chi connectivity index (χ2v) is 7.89. The number of fused-ring (bicyclic) bond motifs is 2. The normalized spacial score (nSPS) is 18.1. The van der Waals surface area contributed by atoms with Crippen molar-refractivity contribution in [3.63, 3.8) is 0 Å². The lowest BCUT2D eigenvalue weighted by Crippen LogP contribution is -2.35. The summed E-state index contributed by atoms with van der Waals surface area (Å²) in [5.74, 6) is -1.56. The maximum atomic E-state index is 14.3. The third-order valence-electron chi connectivity index (χ3n) is 4.17. The highest BCUT2D eigenvalue weighted by Gasteiger charge is 2.39. The summed E-state index contributed by atoms with van der Waals surface area (Å²) < 4.78 is 66.1. The summed E-state index contributed by atoms with van der Waals surface area (Å²) in [4.78, 5) is 3.89. The number of aryl methyl sites for hydroxylation is 1. The number of nitrogens with one attached hydrogen (secondary N) is 1. The van der Waals surface area contributed by atoms with Gasteiger partial charge in [0.15, 0.2) is 10.8 Å². The first-order chi connectivity index (χ1) is 11.0. The zero-order valence-corrected chi connectivity index (χ0v) is 14.2. The molecule has 3 nitrogen and oxygen atoms in total. The van der Waals surface area contributed by atoms with Crippen LogP contribution in [-0.2, 0) is 23.4 Å². The van der Waals surface area contributed by atoms with Crippen molar-refractivity contribution in [2.45, 2.75) is 43.4 Å². The zero-order valence-electron chi connectivity index (χ0n) is 13.3. The van der Waals surface area contributed by atoms with Crippen molar-refractivity contribution in [3.05, 3.63) is 29.1 Å². The molecule has 0 radical (unpaired) electrons. The fraction of sp³-hybridized carbons (Fsp3) is 0.438. The Morgan fingerprint density at radius 3 is 2.54 bits per heavy atom. The maximum absolute atomic E-state index is 14.3. The third-order valence-corrected chi connectivity index (χ3v) is 4.98. The summed E-state index contributed by atoms with van der Waals surface area (Å²) >= 11 is 0. The number of halogens is 4. The van der Waals surface area contributed by atoms with E-state index in [1.807, 2.05) is 13.8 Å². The molecule has 1 aromatic carbocycles. The van der Waals surface area contributed by atoms with Crippen LogP contribution < -0.4 is 5.32 Å². The molecular formula is C16H16F4N2OS. The predicted octanol–water partition coefficient (Wildman–Crippen LogP) is 4.27. The summed E-state index contributed by atoms with van der Waals surface area (Å²) in [5.41, 5.74) is -0.231. The van der Waals surface area contributed by atoms with Crippen molar-refractivity contribution < 1.29 is 21.8 Å². The van der Waals surface area contributed by atoms with E-state index in [0.717, 1.165) is 12.7 Å². The molecule has 1 aliphatic rings. The van der Waals surface area contributed by atoms with Gasteiger partial charge >= 0.3 is 6.18 Å². The number of rotatable bonds is 1. The van der Waals surface area contributed by atoms with Gasteiger partial charge < -0.3 is 5.32 Å². The number of alkyl halides is 3. The molecule has 0 spiro atoms. The average Bonchev–Trinajstić information content (AvgIpc) is 2.42. The molecule has 1 unspecified atom stereocenters. The fourth-order valence-electron chi connectivity index (χ4n) is 2.97. The molecule has 24 heavy (non-hydrogen) atoms. The minimum absolute atomic E-state index is 0.0159. The molecule has 130 valence electrons. The molecular weight excluding hydrogens is 344 g/mol. The Morgan fingerprint density at radius 1 is 1.29 bits per heavy atom. The van der Waals surface area contributed by atoms with Gasteiger partial charge in [0.25, 0.3) is 0 Å². The highest BCUT2D eigenvalue weighted by Crippen LogP contribution is 2.41. The second-order valence-electron chi connectivity index (χ2n) is 6.59. The Kier molecular flexibility index (Phi) is 3.86. The Morgan fingerprint density at radius 2 is 1.96 bits per heavy atom. The zero-order chi connectivity index (χ0) is 17.9. The molecule has 0 amide bonds. The first-order valence-corrected chi connectivity index (χ1v) is 8.90. The molecule has 1 N–H and O–H groups in total. The van der Waals surface area contributed by atoms with Crippen LogP contribution in [0.2, 0.25) is 0 Å². The van der Waals surface area contributed by atoms with Crippen LogP contribution in [0.5, 0.6) is 0 Å². The van der Waals surface area contributed by atoms with Crippen LogP contribution in [0.1, 0.15) is 31.4 Å². The van der Waals surface area contributed by atoms with Crippen LogP contribution in [0.15, 0.2) is 17.2 Å². The van der Waals surface area contributed by atoms with E-state index in [2.05, 4.69) is 10.3 Å². The summed E-state index contributed by atoms with van der Waals surface area (Å²) in [6.07, 6.45) is -2.45. The van der Waals surface area contributed by atoms with Crippen molar-refractivity contribution >= 4 is 27.4 Å². The lowest BCUT2D eigenvalue weighted by atomic mass is 9.88. The van der Waals surface area contributed by atoms with E-state index in [0.29, 0.717) is 17.7 Å². The van der Waals surface area contributed by atoms with Crippen molar-refractivity contribution in [2.75, 3.05) is 11.6 Å². The van der Waals surface area contributed by atoms with Crippen molar-refractivity contribution in [1.82, 2.24) is 4.98 Å². The van der Waals surface area contributed by atoms with E-state index in [-0.39, 0.29) is 16.4 Å². The van der Waals surface area contributed by atoms with Gasteiger partial charge in [-0.25, -0.2) is 9.37 Å². The lowest BCUT2D eigenvalue weighted by molar-refractivity contribution is -0.139. The van der Waals surface area contributed by atoms with Gasteiger partial charge in [-0.1, -0.05) is 0 Å². The molecule has 1 aromatic heterocycles. The smallest absolute Gasteiger partial charge is 0.380 e. The summed E-state index contributed by atoms with van der Waals surface area (Å²) in [6.45, 7) is 3.98. The Hall–Kier alpha value is -1.70. The van der Waals surface area contributed by atoms with Gasteiger partial charge in [-0.3, -0.25) is 4.21 Å². The molecule has 0 saturated heterocycles. The molecule has 0 fully saturated rings. The number of aromatic nitrogens is 1. The van der Waals surface area contributed by atoms with E-state index in [4.69, 9.17) is 0 Å². The van der Waals surface area contributed by atoms with E-state index >= 15 is 0 Å². The highest BCUT2D eigenvalue weighted by atomic mass is 32.2. The van der Waals surface area contributed by atoms with Crippen molar-refractivity contribution in [3.8, 4) is 0 Å². The molecule has 0 saturated carbocycles. The van der Waals surface area contributed by atoms with Crippen molar-refractivity contribution in [1.29, 1.82) is 0 Å². The molecule has 1 aliphatic heterocycles. The van der Waals surface area contributed by atoms with Crippen LogP contribution in [0.25, 0.3) is 10.9 Å². The second kappa shape index (κ2) is 5.40. The molecule has 2 heterocycles.